The zero-order valence-electron chi connectivity index (χ0n) is 12.8. The number of benzene rings is 2. The molecular weight excluding hydrogens is 260 g/mol. The molecule has 21 heavy (non-hydrogen) atoms. The smallest absolute Gasteiger partial charge is 0.227 e. The summed E-state index contributed by atoms with van der Waals surface area (Å²) in [5.41, 5.74) is 5.19. The fraction of sp³-hybridized carbons (Fsp3) is 0.278. The van der Waals surface area contributed by atoms with E-state index in [1.54, 1.807) is 0 Å². The van der Waals surface area contributed by atoms with Gasteiger partial charge in [-0.2, -0.15) is 0 Å². The van der Waals surface area contributed by atoms with Gasteiger partial charge in [0.25, 0.3) is 0 Å². The standard InChI is InChI=1S/C18H20N2O/c1-4-20(5-2)15-9-7-14(8-10-15)18-19-16-12-13(3)6-11-17(16)21-18/h6-12H,4-5H2,1-3H3. The van der Waals surface area contributed by atoms with Gasteiger partial charge in [0.15, 0.2) is 5.58 Å². The number of aryl methyl sites for hydroxylation is 1. The zero-order chi connectivity index (χ0) is 14.8. The van der Waals surface area contributed by atoms with Gasteiger partial charge < -0.3 is 9.32 Å². The van der Waals surface area contributed by atoms with E-state index in [9.17, 15) is 0 Å². The molecule has 0 N–H and O–H groups in total. The quantitative estimate of drug-likeness (QED) is 0.696. The summed E-state index contributed by atoms with van der Waals surface area (Å²) in [4.78, 5) is 6.90. The molecule has 3 aromatic rings. The maximum atomic E-state index is 5.84. The van der Waals surface area contributed by atoms with E-state index in [0.29, 0.717) is 5.89 Å². The van der Waals surface area contributed by atoms with Crippen molar-refractivity contribution < 1.29 is 4.42 Å². The first-order valence-corrected chi connectivity index (χ1v) is 7.44. The van der Waals surface area contributed by atoms with Gasteiger partial charge in [-0.3, -0.25) is 0 Å². The molecular formula is C18H20N2O. The van der Waals surface area contributed by atoms with E-state index in [1.807, 2.05) is 18.2 Å². The van der Waals surface area contributed by atoms with Crippen molar-refractivity contribution in [3.8, 4) is 11.5 Å². The van der Waals surface area contributed by atoms with E-state index >= 15 is 0 Å². The van der Waals surface area contributed by atoms with Crippen LogP contribution in [0.1, 0.15) is 19.4 Å². The molecule has 2 aromatic carbocycles. The van der Waals surface area contributed by atoms with Crippen LogP contribution in [0, 0.1) is 6.92 Å². The fourth-order valence-corrected chi connectivity index (χ4v) is 2.56. The lowest BCUT2D eigenvalue weighted by Crippen LogP contribution is -2.21. The second kappa shape index (κ2) is 5.60. The summed E-state index contributed by atoms with van der Waals surface area (Å²) < 4.78 is 5.84. The highest BCUT2D eigenvalue weighted by Crippen LogP contribution is 2.26. The highest BCUT2D eigenvalue weighted by Gasteiger charge is 2.09. The molecule has 3 nitrogen and oxygen atoms in total. The van der Waals surface area contributed by atoms with Crippen LogP contribution in [0.5, 0.6) is 0 Å². The molecule has 0 bridgehead atoms. The van der Waals surface area contributed by atoms with Crippen molar-refractivity contribution in [3.05, 3.63) is 48.0 Å². The van der Waals surface area contributed by atoms with E-state index in [-0.39, 0.29) is 0 Å². The van der Waals surface area contributed by atoms with Crippen LogP contribution in [0.25, 0.3) is 22.6 Å². The van der Waals surface area contributed by atoms with Crippen molar-refractivity contribution in [1.82, 2.24) is 4.98 Å². The van der Waals surface area contributed by atoms with Crippen LogP contribution in [0.3, 0.4) is 0 Å². The number of hydrogen-bond donors (Lipinski definition) is 0. The predicted molar refractivity (Wildman–Crippen MR) is 87.7 cm³/mol. The summed E-state index contributed by atoms with van der Waals surface area (Å²) in [5, 5.41) is 0. The van der Waals surface area contributed by atoms with Gasteiger partial charge in [-0.25, -0.2) is 4.98 Å². The second-order valence-corrected chi connectivity index (χ2v) is 5.21. The third-order valence-corrected chi connectivity index (χ3v) is 3.79. The molecule has 0 saturated heterocycles. The highest BCUT2D eigenvalue weighted by molar-refractivity contribution is 5.77. The molecule has 0 spiro atoms. The SMILES string of the molecule is CCN(CC)c1ccc(-c2nc3cc(C)ccc3o2)cc1. The number of aromatic nitrogens is 1. The van der Waals surface area contributed by atoms with Gasteiger partial charge in [0.1, 0.15) is 5.52 Å². The second-order valence-electron chi connectivity index (χ2n) is 5.21. The summed E-state index contributed by atoms with van der Waals surface area (Å²) in [6.45, 7) is 8.42. The van der Waals surface area contributed by atoms with Gasteiger partial charge in [-0.05, 0) is 62.7 Å². The van der Waals surface area contributed by atoms with Crippen LogP contribution in [0.15, 0.2) is 46.9 Å². The molecule has 0 atom stereocenters. The van der Waals surface area contributed by atoms with Crippen molar-refractivity contribution >= 4 is 16.8 Å². The molecule has 0 amide bonds. The van der Waals surface area contributed by atoms with Crippen molar-refractivity contribution in [2.24, 2.45) is 0 Å². The third kappa shape index (κ3) is 2.64. The van der Waals surface area contributed by atoms with Gasteiger partial charge in [-0.15, -0.1) is 0 Å². The number of hydrogen-bond acceptors (Lipinski definition) is 3. The first-order chi connectivity index (χ1) is 10.2. The molecule has 1 aromatic heterocycles. The van der Waals surface area contributed by atoms with Gasteiger partial charge in [0, 0.05) is 24.3 Å². The first kappa shape index (κ1) is 13.7. The minimum atomic E-state index is 0.682. The van der Waals surface area contributed by atoms with Crippen molar-refractivity contribution in [1.29, 1.82) is 0 Å². The molecule has 0 aliphatic rings. The Morgan fingerprint density at radius 1 is 1.00 bits per heavy atom. The Kier molecular flexibility index (Phi) is 3.65. The molecule has 0 aliphatic heterocycles. The van der Waals surface area contributed by atoms with Gasteiger partial charge >= 0.3 is 0 Å². The molecule has 3 heteroatoms. The molecule has 0 saturated carbocycles. The number of anilines is 1. The summed E-state index contributed by atoms with van der Waals surface area (Å²) in [6, 6.07) is 14.5. The van der Waals surface area contributed by atoms with Crippen molar-refractivity contribution in [2.75, 3.05) is 18.0 Å². The molecule has 0 unspecified atom stereocenters. The first-order valence-electron chi connectivity index (χ1n) is 7.44. The predicted octanol–water partition coefficient (Wildman–Crippen LogP) is 4.65. The lowest BCUT2D eigenvalue weighted by Gasteiger charge is -2.20. The van der Waals surface area contributed by atoms with Crippen LogP contribution in [-0.4, -0.2) is 18.1 Å². The summed E-state index contributed by atoms with van der Waals surface area (Å²) in [5.74, 6) is 0.682. The largest absolute Gasteiger partial charge is 0.436 e. The van der Waals surface area contributed by atoms with Crippen LogP contribution in [0.2, 0.25) is 0 Å². The third-order valence-electron chi connectivity index (χ3n) is 3.79. The summed E-state index contributed by atoms with van der Waals surface area (Å²) in [6.07, 6.45) is 0. The van der Waals surface area contributed by atoms with E-state index in [2.05, 4.69) is 54.9 Å². The molecule has 108 valence electrons. The molecule has 1 heterocycles. The Balaban J connectivity index is 1.95. The average molecular weight is 280 g/mol. The van der Waals surface area contributed by atoms with E-state index in [0.717, 1.165) is 29.8 Å². The Labute approximate surface area is 125 Å². The van der Waals surface area contributed by atoms with Crippen molar-refractivity contribution in [3.63, 3.8) is 0 Å². The lowest BCUT2D eigenvalue weighted by molar-refractivity contribution is 0.620. The number of nitrogens with zero attached hydrogens (tertiary/aromatic N) is 2. The minimum Gasteiger partial charge on any atom is -0.436 e. The molecule has 3 rings (SSSR count). The van der Waals surface area contributed by atoms with Crippen LogP contribution >= 0.6 is 0 Å². The highest BCUT2D eigenvalue weighted by atomic mass is 16.3. The molecule has 0 radical (unpaired) electrons. The maximum absolute atomic E-state index is 5.84. The van der Waals surface area contributed by atoms with Gasteiger partial charge in [0.05, 0.1) is 0 Å². The van der Waals surface area contributed by atoms with E-state index in [4.69, 9.17) is 4.42 Å². The number of oxazole rings is 1. The van der Waals surface area contributed by atoms with Gasteiger partial charge in [-0.1, -0.05) is 6.07 Å². The summed E-state index contributed by atoms with van der Waals surface area (Å²) in [7, 11) is 0. The molecule has 0 fully saturated rings. The van der Waals surface area contributed by atoms with Gasteiger partial charge in [0.2, 0.25) is 5.89 Å². The zero-order valence-corrected chi connectivity index (χ0v) is 12.8. The van der Waals surface area contributed by atoms with E-state index in [1.165, 1.54) is 11.3 Å². The Morgan fingerprint density at radius 3 is 2.38 bits per heavy atom. The Morgan fingerprint density at radius 2 is 1.71 bits per heavy atom. The Hall–Kier alpha value is -2.29. The minimum absolute atomic E-state index is 0.682. The summed E-state index contributed by atoms with van der Waals surface area (Å²) >= 11 is 0. The molecule has 0 aliphatic carbocycles. The maximum Gasteiger partial charge on any atom is 0.227 e. The monoisotopic (exact) mass is 280 g/mol. The van der Waals surface area contributed by atoms with Crippen LogP contribution < -0.4 is 4.90 Å². The fourth-order valence-electron chi connectivity index (χ4n) is 2.56. The van der Waals surface area contributed by atoms with E-state index < -0.39 is 0 Å². The van der Waals surface area contributed by atoms with Crippen LogP contribution in [-0.2, 0) is 0 Å². The Bertz CT molecular complexity index is 740. The van der Waals surface area contributed by atoms with Crippen LogP contribution in [0.4, 0.5) is 5.69 Å². The van der Waals surface area contributed by atoms with Crippen molar-refractivity contribution in [2.45, 2.75) is 20.8 Å². The average Bonchev–Trinajstić information content (AvgIpc) is 2.92. The number of rotatable bonds is 4. The number of fused-ring (bicyclic) bond motifs is 1. The lowest BCUT2D eigenvalue weighted by atomic mass is 10.2. The normalized spacial score (nSPS) is 11.0. The topological polar surface area (TPSA) is 29.3 Å².